The largest absolute Gasteiger partial charge is 0.379 e. The van der Waals surface area contributed by atoms with Gasteiger partial charge in [0.2, 0.25) is 5.60 Å². The highest BCUT2D eigenvalue weighted by Crippen LogP contribution is 2.31. The Morgan fingerprint density at radius 1 is 1.52 bits per heavy atom. The Morgan fingerprint density at radius 2 is 2.30 bits per heavy atom. The van der Waals surface area contributed by atoms with Crippen LogP contribution in [0, 0.1) is 11.8 Å². The van der Waals surface area contributed by atoms with E-state index < -0.39 is 11.8 Å². The second-order valence-electron chi connectivity index (χ2n) is 6.37. The third kappa shape index (κ3) is 4.03. The summed E-state index contributed by atoms with van der Waals surface area (Å²) in [6.45, 7) is 0.791. The Kier molecular flexibility index (Phi) is 5.60. The molecule has 1 aromatic carbocycles. The molecule has 1 aliphatic rings. The maximum atomic E-state index is 12.0. The summed E-state index contributed by atoms with van der Waals surface area (Å²) in [5.74, 6) is 5.22. The van der Waals surface area contributed by atoms with E-state index in [-0.39, 0.29) is 5.91 Å². The number of hydrogen-bond donors (Lipinski definition) is 3. The van der Waals surface area contributed by atoms with Crippen LogP contribution in [-0.2, 0) is 16.1 Å². The highest BCUT2D eigenvalue weighted by Gasteiger charge is 2.42. The second-order valence-corrected chi connectivity index (χ2v) is 7.46. The van der Waals surface area contributed by atoms with Gasteiger partial charge < -0.3 is 25.6 Å². The highest BCUT2D eigenvalue weighted by molar-refractivity contribution is 7.15. The predicted octanol–water partition coefficient (Wildman–Crippen LogP) is 0.851. The zero-order valence-electron chi connectivity index (χ0n) is 15.1. The fourth-order valence-electron chi connectivity index (χ4n) is 2.83. The van der Waals surface area contributed by atoms with Gasteiger partial charge in [-0.05, 0) is 12.1 Å². The van der Waals surface area contributed by atoms with Gasteiger partial charge >= 0.3 is 0 Å². The molecule has 4 N–H and O–H groups in total. The van der Waals surface area contributed by atoms with Crippen molar-refractivity contribution in [2.24, 2.45) is 5.73 Å². The minimum atomic E-state index is -1.63. The molecule has 1 aliphatic heterocycles. The summed E-state index contributed by atoms with van der Waals surface area (Å²) < 4.78 is 5.13. The molecule has 2 aromatic rings. The Hall–Kier alpha value is -2.28. The summed E-state index contributed by atoms with van der Waals surface area (Å²) in [5.41, 5.74) is 5.80. The molecule has 1 fully saturated rings. The van der Waals surface area contributed by atoms with E-state index in [4.69, 9.17) is 10.5 Å². The number of nitrogens with two attached hydrogens (primary N) is 1. The van der Waals surface area contributed by atoms with E-state index >= 15 is 0 Å². The number of aromatic nitrogens is 1. The van der Waals surface area contributed by atoms with Crippen LogP contribution in [0.2, 0.25) is 0 Å². The van der Waals surface area contributed by atoms with Crippen LogP contribution in [0.4, 0.5) is 0 Å². The van der Waals surface area contributed by atoms with Gasteiger partial charge in [-0.1, -0.05) is 24.0 Å². The van der Waals surface area contributed by atoms with Crippen LogP contribution >= 0.6 is 11.3 Å². The van der Waals surface area contributed by atoms with Gasteiger partial charge in [-0.2, -0.15) is 0 Å². The van der Waals surface area contributed by atoms with Gasteiger partial charge in [0.05, 0.1) is 11.5 Å². The molecule has 3 rings (SSSR count). The number of aliphatic hydroxyl groups excluding tert-OH is 1. The minimum Gasteiger partial charge on any atom is -0.379 e. The molecule has 0 bridgehead atoms. The lowest BCUT2D eigenvalue weighted by Gasteiger charge is -2.13. The monoisotopic (exact) mass is 387 g/mol. The van der Waals surface area contributed by atoms with Crippen LogP contribution in [0.5, 0.6) is 0 Å². The number of carbonyl (C=O) groups is 1. The highest BCUT2D eigenvalue weighted by atomic mass is 32.1. The molecular weight excluding hydrogens is 366 g/mol. The Bertz CT molecular complexity index is 915. The molecule has 27 heavy (non-hydrogen) atoms. The normalized spacial score (nSPS) is 20.5. The van der Waals surface area contributed by atoms with E-state index in [2.05, 4.69) is 16.8 Å². The number of thiazole rings is 1. The van der Waals surface area contributed by atoms with Gasteiger partial charge in [-0.25, -0.2) is 4.98 Å². The number of methoxy groups -OCH3 is 1. The van der Waals surface area contributed by atoms with Gasteiger partial charge in [-0.15, -0.1) is 11.3 Å². The van der Waals surface area contributed by atoms with E-state index in [0.29, 0.717) is 35.8 Å². The Morgan fingerprint density at radius 3 is 2.93 bits per heavy atom. The Balaban J connectivity index is 1.90. The van der Waals surface area contributed by atoms with Crippen LogP contribution < -0.4 is 5.73 Å². The van der Waals surface area contributed by atoms with Crippen molar-refractivity contribution in [1.29, 1.82) is 0 Å². The molecular formula is C19H21N3O4S. The van der Waals surface area contributed by atoms with Crippen LogP contribution in [-0.4, -0.2) is 52.3 Å². The topological polar surface area (TPSA) is 109 Å². The van der Waals surface area contributed by atoms with Gasteiger partial charge in [0.1, 0.15) is 16.9 Å². The number of benzene rings is 1. The maximum absolute atomic E-state index is 12.0. The van der Waals surface area contributed by atoms with Gasteiger partial charge in [-0.3, -0.25) is 4.79 Å². The summed E-state index contributed by atoms with van der Waals surface area (Å²) in [7, 11) is 3.21. The van der Waals surface area contributed by atoms with Crippen LogP contribution in [0.25, 0.3) is 10.6 Å². The van der Waals surface area contributed by atoms with Crippen molar-refractivity contribution < 1.29 is 19.7 Å². The molecule has 7 nitrogen and oxygen atoms in total. The van der Waals surface area contributed by atoms with Gasteiger partial charge in [0.25, 0.3) is 5.91 Å². The molecule has 0 saturated carbocycles. The molecule has 2 atom stereocenters. The van der Waals surface area contributed by atoms with E-state index in [1.165, 1.54) is 16.2 Å². The lowest BCUT2D eigenvalue weighted by atomic mass is 10.0. The number of aliphatic hydroxyl groups is 2. The molecule has 1 aromatic heterocycles. The average Bonchev–Trinajstić information content (AvgIpc) is 3.18. The first-order chi connectivity index (χ1) is 12.8. The fourth-order valence-corrected chi connectivity index (χ4v) is 3.90. The van der Waals surface area contributed by atoms with Crippen molar-refractivity contribution >= 4 is 17.2 Å². The number of nitrogens with zero attached hydrogens (tertiary/aromatic N) is 2. The van der Waals surface area contributed by atoms with Crippen LogP contribution in [0.15, 0.2) is 24.3 Å². The third-order valence-electron chi connectivity index (χ3n) is 4.32. The second kappa shape index (κ2) is 7.76. The standard InChI is InChI=1S/C19H21N3O4S/c1-22-9-8-19(25,18(22)24)7-6-12-4-3-5-13(10-12)17-21-15(16(20)23)14(27-17)11-26-2/h3-5,10,16,23,25H,8-9,11,20H2,1-2H3/t16?,19-/m0/s1. The molecule has 1 amide bonds. The molecule has 1 unspecified atom stereocenters. The van der Waals surface area contributed by atoms with Crippen LogP contribution in [0.3, 0.4) is 0 Å². The SMILES string of the molecule is COCc1sc(-c2cccc(C#C[C@]3(O)CCN(C)C3=O)c2)nc1C(N)O. The summed E-state index contributed by atoms with van der Waals surface area (Å²) in [6.07, 6.45) is -0.887. The summed E-state index contributed by atoms with van der Waals surface area (Å²) >= 11 is 1.38. The maximum Gasteiger partial charge on any atom is 0.267 e. The number of carbonyl (C=O) groups excluding carboxylic acids is 1. The molecule has 142 valence electrons. The molecule has 0 spiro atoms. The van der Waals surface area contributed by atoms with Crippen molar-refractivity contribution in [2.45, 2.75) is 24.9 Å². The molecule has 2 heterocycles. The molecule has 0 aliphatic carbocycles. The van der Waals surface area contributed by atoms with Crippen molar-refractivity contribution in [2.75, 3.05) is 20.7 Å². The van der Waals surface area contributed by atoms with Crippen molar-refractivity contribution in [3.63, 3.8) is 0 Å². The molecule has 1 saturated heterocycles. The summed E-state index contributed by atoms with van der Waals surface area (Å²) in [6, 6.07) is 7.31. The average molecular weight is 387 g/mol. The lowest BCUT2D eigenvalue weighted by molar-refractivity contribution is -0.137. The van der Waals surface area contributed by atoms with Crippen molar-refractivity contribution in [3.8, 4) is 22.4 Å². The first kappa shape index (κ1) is 19.5. The predicted molar refractivity (Wildman–Crippen MR) is 101 cm³/mol. The van der Waals surface area contributed by atoms with E-state index in [1.54, 1.807) is 20.2 Å². The number of likely N-dealkylation sites (tertiary alicyclic amines) is 1. The van der Waals surface area contributed by atoms with E-state index in [1.807, 2.05) is 18.2 Å². The zero-order chi connectivity index (χ0) is 19.6. The third-order valence-corrected chi connectivity index (χ3v) is 5.41. The van der Waals surface area contributed by atoms with Crippen molar-refractivity contribution in [1.82, 2.24) is 9.88 Å². The summed E-state index contributed by atoms with van der Waals surface area (Å²) in [5, 5.41) is 20.8. The minimum absolute atomic E-state index is 0.291. The number of amides is 1. The first-order valence-corrected chi connectivity index (χ1v) is 9.19. The molecule has 0 radical (unpaired) electrons. The number of rotatable bonds is 4. The number of hydrogen-bond acceptors (Lipinski definition) is 7. The Labute approximate surface area is 161 Å². The van der Waals surface area contributed by atoms with Crippen molar-refractivity contribution in [3.05, 3.63) is 40.4 Å². The van der Waals surface area contributed by atoms with Gasteiger partial charge in [0, 0.05) is 38.2 Å². The van der Waals surface area contributed by atoms with E-state index in [9.17, 15) is 15.0 Å². The summed E-state index contributed by atoms with van der Waals surface area (Å²) in [4.78, 5) is 18.7. The lowest BCUT2D eigenvalue weighted by Crippen LogP contribution is -2.37. The van der Waals surface area contributed by atoms with Crippen LogP contribution in [0.1, 0.15) is 28.8 Å². The quantitative estimate of drug-likeness (QED) is 0.530. The number of likely N-dealkylation sites (N-methyl/N-ethyl adjacent to an activating group) is 1. The van der Waals surface area contributed by atoms with Gasteiger partial charge in [0.15, 0.2) is 0 Å². The van der Waals surface area contributed by atoms with E-state index in [0.717, 1.165) is 10.4 Å². The number of ether oxygens (including phenoxy) is 1. The fraction of sp³-hybridized carbons (Fsp3) is 0.368. The smallest absolute Gasteiger partial charge is 0.267 e. The zero-order valence-corrected chi connectivity index (χ0v) is 15.9. The first-order valence-electron chi connectivity index (χ1n) is 8.38. The molecule has 8 heteroatoms.